The van der Waals surface area contributed by atoms with Crippen LogP contribution in [0, 0.1) is 17.0 Å². The van der Waals surface area contributed by atoms with Gasteiger partial charge < -0.3 is 0 Å². The number of nitro groups is 1. The van der Waals surface area contributed by atoms with E-state index in [0.717, 1.165) is 9.20 Å². The summed E-state index contributed by atoms with van der Waals surface area (Å²) in [6.07, 6.45) is 1.89. The van der Waals surface area contributed by atoms with E-state index in [1.165, 1.54) is 23.9 Å². The predicted molar refractivity (Wildman–Crippen MR) is 88.5 cm³/mol. The quantitative estimate of drug-likeness (QED) is 0.392. The third-order valence-corrected chi connectivity index (χ3v) is 4.61. The fraction of sp³-hybridized carbons (Fsp3) is 0.143. The zero-order chi connectivity index (χ0) is 16.3. The van der Waals surface area contributed by atoms with Crippen LogP contribution in [0.5, 0.6) is 0 Å². The average Bonchev–Trinajstić information content (AvgIpc) is 2.48. The van der Waals surface area contributed by atoms with Crippen LogP contribution in [0.3, 0.4) is 0 Å². The van der Waals surface area contributed by atoms with Crippen LogP contribution < -0.4 is 4.31 Å². The van der Waals surface area contributed by atoms with Crippen LogP contribution in [-0.2, 0) is 10.9 Å². The van der Waals surface area contributed by atoms with Gasteiger partial charge in [-0.15, -0.1) is 11.8 Å². The molecule has 0 aliphatic heterocycles. The molecule has 0 N–H and O–H groups in total. The Morgan fingerprint density at radius 2 is 1.82 bits per heavy atom. The summed E-state index contributed by atoms with van der Waals surface area (Å²) in [5.74, 6) is 0. The van der Waals surface area contributed by atoms with Crippen LogP contribution >= 0.6 is 11.8 Å². The molecule has 0 fully saturated rings. The molecule has 22 heavy (non-hydrogen) atoms. The summed E-state index contributed by atoms with van der Waals surface area (Å²) in [6, 6.07) is 11.3. The molecule has 0 saturated heterocycles. The minimum absolute atomic E-state index is 0.111. The van der Waals surface area contributed by atoms with E-state index < -0.39 is 15.8 Å². The summed E-state index contributed by atoms with van der Waals surface area (Å²) in [5.41, 5.74) is 1.06. The van der Waals surface area contributed by atoms with E-state index >= 15 is 0 Å². The molecule has 0 saturated carbocycles. The average molecular weight is 338 g/mol. The maximum absolute atomic E-state index is 11.7. The lowest BCUT2D eigenvalue weighted by Gasteiger charge is -2.18. The third-order valence-electron chi connectivity index (χ3n) is 3.10. The van der Waals surface area contributed by atoms with Gasteiger partial charge in [0.2, 0.25) is 10.9 Å². The van der Waals surface area contributed by atoms with Crippen molar-refractivity contribution >= 4 is 39.7 Å². The van der Waals surface area contributed by atoms with Gasteiger partial charge in [-0.05, 0) is 37.4 Å². The highest BCUT2D eigenvalue weighted by Gasteiger charge is 2.17. The van der Waals surface area contributed by atoms with Crippen molar-refractivity contribution in [2.75, 3.05) is 10.6 Å². The molecule has 0 heterocycles. The monoisotopic (exact) mass is 338 g/mol. The highest BCUT2D eigenvalue weighted by Crippen LogP contribution is 2.32. The molecule has 116 valence electrons. The summed E-state index contributed by atoms with van der Waals surface area (Å²) in [5, 5.41) is 11.0. The van der Waals surface area contributed by atoms with Crippen molar-refractivity contribution < 1.29 is 13.3 Å². The van der Waals surface area contributed by atoms with Gasteiger partial charge in [-0.1, -0.05) is 12.1 Å². The molecular weight excluding hydrogens is 324 g/mol. The van der Waals surface area contributed by atoms with E-state index in [2.05, 4.69) is 0 Å². The Balaban J connectivity index is 2.57. The van der Waals surface area contributed by atoms with Crippen molar-refractivity contribution in [1.29, 1.82) is 0 Å². The number of thiol groups is 1. The number of thioether (sulfide) groups is 1. The van der Waals surface area contributed by atoms with Crippen LogP contribution in [0.25, 0.3) is 0 Å². The topological polar surface area (TPSA) is 80.5 Å². The molecule has 0 unspecified atom stereocenters. The number of nitrogens with zero attached hydrogens (tertiary/aromatic N) is 2. The largest absolute Gasteiger partial charge is 0.274 e. The third kappa shape index (κ3) is 3.40. The number of hydrogen-bond donors (Lipinski definition) is 1. The van der Waals surface area contributed by atoms with Crippen molar-refractivity contribution in [2.45, 2.75) is 11.8 Å². The van der Waals surface area contributed by atoms with E-state index in [4.69, 9.17) is 0 Å². The van der Waals surface area contributed by atoms with Gasteiger partial charge in [0.25, 0.3) is 5.69 Å². The van der Waals surface area contributed by atoms with E-state index in [1.807, 2.05) is 12.3 Å². The van der Waals surface area contributed by atoms with Crippen LogP contribution in [0.1, 0.15) is 5.56 Å². The molecule has 0 amide bonds. The highest BCUT2D eigenvalue weighted by atomic mass is 32.2. The molecule has 2 rings (SSSR count). The standard InChI is InChI=1S/C14H14N2O4S2/c1-10-6-7-12(9-14(10)16(17)18)15(22(19)20)11-4-3-5-13(8-11)21-2/h3-9,22H,1-2H3. The number of aryl methyl sites for hydroxylation is 1. The van der Waals surface area contributed by atoms with Gasteiger partial charge in [-0.3, -0.25) is 10.1 Å². The first-order chi connectivity index (χ1) is 10.4. The van der Waals surface area contributed by atoms with Crippen molar-refractivity contribution in [2.24, 2.45) is 0 Å². The maximum Gasteiger partial charge on any atom is 0.274 e. The van der Waals surface area contributed by atoms with E-state index in [-0.39, 0.29) is 11.4 Å². The van der Waals surface area contributed by atoms with Gasteiger partial charge in [0.05, 0.1) is 16.3 Å². The van der Waals surface area contributed by atoms with Gasteiger partial charge in [0, 0.05) is 16.5 Å². The Hall–Kier alpha value is -2.06. The number of rotatable bonds is 5. The van der Waals surface area contributed by atoms with Crippen LogP contribution in [0.2, 0.25) is 0 Å². The van der Waals surface area contributed by atoms with E-state index in [0.29, 0.717) is 11.3 Å². The molecule has 0 bridgehead atoms. The van der Waals surface area contributed by atoms with Crippen molar-refractivity contribution in [3.05, 3.63) is 58.1 Å². The number of nitro benzene ring substituents is 1. The van der Waals surface area contributed by atoms with Crippen molar-refractivity contribution in [1.82, 2.24) is 0 Å². The first-order valence-electron chi connectivity index (χ1n) is 6.27. The van der Waals surface area contributed by atoms with Gasteiger partial charge in [0.1, 0.15) is 0 Å². The van der Waals surface area contributed by atoms with Crippen LogP contribution in [0.15, 0.2) is 47.4 Å². The molecule has 0 radical (unpaired) electrons. The summed E-state index contributed by atoms with van der Waals surface area (Å²) in [4.78, 5) is 11.4. The van der Waals surface area contributed by atoms with E-state index in [9.17, 15) is 18.5 Å². The Kier molecular flexibility index (Phi) is 5.04. The lowest BCUT2D eigenvalue weighted by atomic mass is 10.2. The zero-order valence-corrected chi connectivity index (χ0v) is 13.6. The molecule has 2 aromatic rings. The second kappa shape index (κ2) is 6.80. The SMILES string of the molecule is CSc1cccc(N(c2ccc(C)c([N+](=O)[O-])c2)[SH](=O)=O)c1. The number of benzene rings is 2. The fourth-order valence-corrected chi connectivity index (χ4v) is 3.09. The second-order valence-electron chi connectivity index (χ2n) is 4.48. The van der Waals surface area contributed by atoms with Gasteiger partial charge in [-0.25, -0.2) is 12.7 Å². The predicted octanol–water partition coefficient (Wildman–Crippen LogP) is 3.29. The van der Waals surface area contributed by atoms with Crippen molar-refractivity contribution in [3.63, 3.8) is 0 Å². The number of anilines is 2. The number of hydrogen-bond acceptors (Lipinski definition) is 5. The van der Waals surface area contributed by atoms with E-state index in [1.54, 1.807) is 31.2 Å². The Morgan fingerprint density at radius 1 is 1.14 bits per heavy atom. The minimum atomic E-state index is -2.97. The molecule has 0 atom stereocenters. The smallest absolute Gasteiger partial charge is 0.258 e. The maximum atomic E-state index is 11.7. The lowest BCUT2D eigenvalue weighted by molar-refractivity contribution is -0.385. The summed E-state index contributed by atoms with van der Waals surface area (Å²) < 4.78 is 24.4. The zero-order valence-electron chi connectivity index (χ0n) is 11.9. The summed E-state index contributed by atoms with van der Waals surface area (Å²) in [6.45, 7) is 1.61. The normalized spacial score (nSPS) is 10.7. The fourth-order valence-electron chi connectivity index (χ4n) is 2.01. The first kappa shape index (κ1) is 16.3. The molecule has 0 aromatic heterocycles. The molecule has 6 nitrogen and oxygen atoms in total. The van der Waals surface area contributed by atoms with Gasteiger partial charge in [0.15, 0.2) is 0 Å². The van der Waals surface area contributed by atoms with Gasteiger partial charge >= 0.3 is 0 Å². The molecule has 0 aliphatic rings. The summed E-state index contributed by atoms with van der Waals surface area (Å²) in [7, 11) is -2.97. The summed E-state index contributed by atoms with van der Waals surface area (Å²) >= 11 is 1.49. The Morgan fingerprint density at radius 3 is 2.41 bits per heavy atom. The highest BCUT2D eigenvalue weighted by molar-refractivity contribution is 7.98. The molecule has 2 aromatic carbocycles. The second-order valence-corrected chi connectivity index (χ2v) is 6.23. The Labute approximate surface area is 134 Å². The molecule has 8 heteroatoms. The van der Waals surface area contributed by atoms with Gasteiger partial charge in [-0.2, -0.15) is 0 Å². The first-order valence-corrected chi connectivity index (χ1v) is 8.63. The Bertz CT molecular complexity index is 782. The molecular formula is C14H14N2O4S2. The van der Waals surface area contributed by atoms with Crippen molar-refractivity contribution in [3.8, 4) is 0 Å². The lowest BCUT2D eigenvalue weighted by Crippen LogP contribution is -2.14. The van der Waals surface area contributed by atoms with Crippen LogP contribution in [-0.4, -0.2) is 19.6 Å². The molecule has 0 aliphatic carbocycles. The van der Waals surface area contributed by atoms with Crippen LogP contribution in [0.4, 0.5) is 17.1 Å². The minimum Gasteiger partial charge on any atom is -0.258 e. The molecule has 0 spiro atoms.